The first kappa shape index (κ1) is 17.7. The zero-order valence-corrected chi connectivity index (χ0v) is 15.4. The Morgan fingerprint density at radius 1 is 1.28 bits per heavy atom. The molecule has 1 amide bonds. The largest absolute Gasteiger partial charge is 0.384 e. The zero-order chi connectivity index (χ0) is 17.8. The highest BCUT2D eigenvalue weighted by Gasteiger charge is 2.29. The third-order valence-corrected chi connectivity index (χ3v) is 5.13. The number of fused-ring (bicyclic) bond motifs is 1. The second kappa shape index (κ2) is 7.83. The van der Waals surface area contributed by atoms with E-state index in [1.807, 2.05) is 23.2 Å². The van der Waals surface area contributed by atoms with Gasteiger partial charge in [-0.3, -0.25) is 4.79 Å². The molecular weight excluding hydrogens is 314 g/mol. The summed E-state index contributed by atoms with van der Waals surface area (Å²) in [6, 6.07) is 8.30. The zero-order valence-electron chi connectivity index (χ0n) is 15.4. The lowest BCUT2D eigenvalue weighted by atomic mass is 10.0. The number of imidazole rings is 1. The molecule has 1 atom stereocenters. The number of hydrogen-bond acceptors (Lipinski definition) is 3. The molecule has 1 aromatic heterocycles. The van der Waals surface area contributed by atoms with Gasteiger partial charge < -0.3 is 14.2 Å². The maximum absolute atomic E-state index is 12.8. The van der Waals surface area contributed by atoms with Crippen LogP contribution >= 0.6 is 0 Å². The van der Waals surface area contributed by atoms with Crippen LogP contribution in [0.5, 0.6) is 0 Å². The minimum atomic E-state index is 0.0226. The fraction of sp³-hybridized carbons (Fsp3) is 0.500. The van der Waals surface area contributed by atoms with E-state index in [9.17, 15) is 4.79 Å². The van der Waals surface area contributed by atoms with Crippen LogP contribution in [0, 0.1) is 6.92 Å². The second-order valence-corrected chi connectivity index (χ2v) is 6.69. The Bertz CT molecular complexity index is 738. The van der Waals surface area contributed by atoms with Gasteiger partial charge >= 0.3 is 0 Å². The smallest absolute Gasteiger partial charge is 0.223 e. The van der Waals surface area contributed by atoms with Gasteiger partial charge in [0.1, 0.15) is 5.82 Å². The summed E-state index contributed by atoms with van der Waals surface area (Å²) in [4.78, 5) is 19.3. The van der Waals surface area contributed by atoms with Gasteiger partial charge in [-0.05, 0) is 31.4 Å². The molecule has 134 valence electrons. The van der Waals surface area contributed by atoms with E-state index in [0.717, 1.165) is 31.8 Å². The molecule has 0 fully saturated rings. The van der Waals surface area contributed by atoms with E-state index < -0.39 is 0 Å². The van der Waals surface area contributed by atoms with Gasteiger partial charge in [-0.25, -0.2) is 4.98 Å². The van der Waals surface area contributed by atoms with E-state index in [0.29, 0.717) is 13.0 Å². The van der Waals surface area contributed by atoms with Gasteiger partial charge in [0.05, 0.1) is 12.6 Å². The molecule has 1 aliphatic rings. The summed E-state index contributed by atoms with van der Waals surface area (Å²) in [5, 5.41) is 0. The van der Waals surface area contributed by atoms with Crippen LogP contribution in [-0.4, -0.2) is 40.6 Å². The van der Waals surface area contributed by atoms with Crippen LogP contribution in [0.15, 0.2) is 30.5 Å². The lowest BCUT2D eigenvalue weighted by Crippen LogP contribution is -2.41. The minimum Gasteiger partial charge on any atom is -0.384 e. The van der Waals surface area contributed by atoms with Crippen molar-refractivity contribution in [1.82, 2.24) is 14.5 Å². The van der Waals surface area contributed by atoms with E-state index in [4.69, 9.17) is 4.74 Å². The van der Waals surface area contributed by atoms with Gasteiger partial charge in [0.15, 0.2) is 0 Å². The van der Waals surface area contributed by atoms with Gasteiger partial charge in [-0.15, -0.1) is 0 Å². The summed E-state index contributed by atoms with van der Waals surface area (Å²) in [7, 11) is 1.71. The number of carbonyl (C=O) groups is 1. The number of rotatable bonds is 6. The minimum absolute atomic E-state index is 0.0226. The molecule has 0 spiro atoms. The molecule has 0 bridgehead atoms. The number of aryl methyl sites for hydroxylation is 2. The first-order valence-corrected chi connectivity index (χ1v) is 8.99. The number of methoxy groups -OCH3 is 1. The highest BCUT2D eigenvalue weighted by molar-refractivity contribution is 5.77. The predicted molar refractivity (Wildman–Crippen MR) is 97.4 cm³/mol. The Morgan fingerprint density at radius 3 is 2.84 bits per heavy atom. The Hall–Kier alpha value is -2.14. The van der Waals surface area contributed by atoms with Crippen LogP contribution in [0.3, 0.4) is 0 Å². The van der Waals surface area contributed by atoms with Crippen molar-refractivity contribution in [1.29, 1.82) is 0 Å². The first-order valence-electron chi connectivity index (χ1n) is 8.99. The first-order chi connectivity index (χ1) is 12.1. The van der Waals surface area contributed by atoms with Crippen molar-refractivity contribution >= 4 is 5.91 Å². The molecule has 3 rings (SSSR count). The predicted octanol–water partition coefficient (Wildman–Crippen LogP) is 2.92. The van der Waals surface area contributed by atoms with E-state index in [2.05, 4.69) is 35.5 Å². The summed E-state index contributed by atoms with van der Waals surface area (Å²) in [6.07, 6.45) is 4.12. The standard InChI is InChI=1S/C20H27N3O2/c1-15-6-4-5-7-17(15)8-9-19(24)22-11-12-23-18(10-13-25-3)14-21-20(23)16(22)2/h4-7,14,16H,8-13H2,1-3H3/t16-/m1/s1. The molecule has 1 aromatic carbocycles. The topological polar surface area (TPSA) is 47.4 Å². The van der Waals surface area contributed by atoms with Crippen molar-refractivity contribution in [3.63, 3.8) is 0 Å². The molecule has 1 aliphatic heterocycles. The Labute approximate surface area is 149 Å². The third-order valence-electron chi connectivity index (χ3n) is 5.13. The fourth-order valence-electron chi connectivity index (χ4n) is 3.58. The molecule has 25 heavy (non-hydrogen) atoms. The van der Waals surface area contributed by atoms with Crippen LogP contribution < -0.4 is 0 Å². The summed E-state index contributed by atoms with van der Waals surface area (Å²) in [5.74, 6) is 1.20. The quantitative estimate of drug-likeness (QED) is 0.812. The molecule has 2 aromatic rings. The monoisotopic (exact) mass is 341 g/mol. The maximum atomic E-state index is 12.8. The van der Waals surface area contributed by atoms with Crippen LogP contribution in [0.25, 0.3) is 0 Å². The molecule has 0 aliphatic carbocycles. The Morgan fingerprint density at radius 2 is 2.08 bits per heavy atom. The number of benzene rings is 1. The molecule has 0 saturated carbocycles. The number of hydrogen-bond donors (Lipinski definition) is 0. The summed E-state index contributed by atoms with van der Waals surface area (Å²) >= 11 is 0. The van der Waals surface area contributed by atoms with Gasteiger partial charge in [0.2, 0.25) is 5.91 Å². The van der Waals surface area contributed by atoms with Crippen LogP contribution in [0.4, 0.5) is 0 Å². The van der Waals surface area contributed by atoms with Gasteiger partial charge in [0, 0.05) is 44.9 Å². The van der Waals surface area contributed by atoms with Crippen LogP contribution in [-0.2, 0) is 28.9 Å². The molecule has 0 N–H and O–H groups in total. The third kappa shape index (κ3) is 3.76. The van der Waals surface area contributed by atoms with E-state index in [1.54, 1.807) is 7.11 Å². The van der Waals surface area contributed by atoms with Crippen molar-refractivity contribution in [3.05, 3.63) is 53.1 Å². The summed E-state index contributed by atoms with van der Waals surface area (Å²) in [5.41, 5.74) is 3.69. The molecule has 0 unspecified atom stereocenters. The Balaban J connectivity index is 1.65. The van der Waals surface area contributed by atoms with Crippen LogP contribution in [0.1, 0.15) is 42.0 Å². The number of aromatic nitrogens is 2. The number of nitrogens with zero attached hydrogens (tertiary/aromatic N) is 3. The average Bonchev–Trinajstić information content (AvgIpc) is 3.03. The van der Waals surface area contributed by atoms with Crippen molar-refractivity contribution in [3.8, 4) is 0 Å². The van der Waals surface area contributed by atoms with Crippen molar-refractivity contribution in [2.45, 2.75) is 45.7 Å². The molecule has 0 radical (unpaired) electrons. The highest BCUT2D eigenvalue weighted by Crippen LogP contribution is 2.26. The molecule has 5 nitrogen and oxygen atoms in total. The van der Waals surface area contributed by atoms with E-state index in [1.165, 1.54) is 16.8 Å². The highest BCUT2D eigenvalue weighted by atomic mass is 16.5. The Kier molecular flexibility index (Phi) is 5.53. The number of amides is 1. The lowest BCUT2D eigenvalue weighted by Gasteiger charge is -2.34. The van der Waals surface area contributed by atoms with E-state index >= 15 is 0 Å². The average molecular weight is 341 g/mol. The lowest BCUT2D eigenvalue weighted by molar-refractivity contribution is -0.134. The van der Waals surface area contributed by atoms with Gasteiger partial charge in [-0.1, -0.05) is 24.3 Å². The molecular formula is C20H27N3O2. The van der Waals surface area contributed by atoms with Crippen molar-refractivity contribution in [2.24, 2.45) is 0 Å². The van der Waals surface area contributed by atoms with Crippen molar-refractivity contribution < 1.29 is 9.53 Å². The fourth-order valence-corrected chi connectivity index (χ4v) is 3.58. The summed E-state index contributed by atoms with van der Waals surface area (Å²) in [6.45, 7) is 6.43. The number of ether oxygens (including phenoxy) is 1. The summed E-state index contributed by atoms with van der Waals surface area (Å²) < 4.78 is 7.42. The second-order valence-electron chi connectivity index (χ2n) is 6.69. The maximum Gasteiger partial charge on any atom is 0.223 e. The van der Waals surface area contributed by atoms with Crippen molar-refractivity contribution in [2.75, 3.05) is 20.3 Å². The van der Waals surface area contributed by atoms with Gasteiger partial charge in [0.25, 0.3) is 0 Å². The van der Waals surface area contributed by atoms with Crippen LogP contribution in [0.2, 0.25) is 0 Å². The van der Waals surface area contributed by atoms with Gasteiger partial charge in [-0.2, -0.15) is 0 Å². The number of carbonyl (C=O) groups excluding carboxylic acids is 1. The normalized spacial score (nSPS) is 16.8. The SMILES string of the molecule is COCCc1cnc2n1CCN(C(=O)CCc1ccccc1C)[C@@H]2C. The van der Waals surface area contributed by atoms with E-state index in [-0.39, 0.29) is 11.9 Å². The molecule has 5 heteroatoms. The molecule has 2 heterocycles. The molecule has 0 saturated heterocycles.